The van der Waals surface area contributed by atoms with Crippen molar-refractivity contribution < 1.29 is 9.47 Å². The molecule has 0 aliphatic carbocycles. The largest absolute Gasteiger partial charge is 0.368 e. The summed E-state index contributed by atoms with van der Waals surface area (Å²) in [6.45, 7) is 0.607. The first-order chi connectivity index (χ1) is 11.3. The molecule has 2 saturated heterocycles. The van der Waals surface area contributed by atoms with E-state index < -0.39 is 0 Å². The Labute approximate surface area is 142 Å². The monoisotopic (exact) mass is 328 g/mol. The summed E-state index contributed by atoms with van der Waals surface area (Å²) in [6.07, 6.45) is 3.06. The molecule has 2 nitrogen and oxygen atoms in total. The molecule has 0 spiro atoms. The average Bonchev–Trinajstić information content (AvgIpc) is 2.87. The fraction of sp³-hybridized carbons (Fsp3) is 0.400. The van der Waals surface area contributed by atoms with Crippen LogP contribution in [0, 0.1) is 5.41 Å². The highest BCUT2D eigenvalue weighted by Crippen LogP contribution is 2.49. The van der Waals surface area contributed by atoms with Crippen LogP contribution in [0.5, 0.6) is 0 Å². The van der Waals surface area contributed by atoms with Gasteiger partial charge in [0.25, 0.3) is 0 Å². The van der Waals surface area contributed by atoms with E-state index in [4.69, 9.17) is 21.1 Å². The number of fused-ring (bicyclic) bond motifs is 2. The smallest absolute Gasteiger partial charge is 0.157 e. The number of alkyl halides is 1. The fourth-order valence-corrected chi connectivity index (χ4v) is 4.51. The number of halogens is 1. The topological polar surface area (TPSA) is 18.5 Å². The lowest BCUT2D eigenvalue weighted by Gasteiger charge is -2.36. The first-order valence-corrected chi connectivity index (χ1v) is 8.68. The predicted octanol–water partition coefficient (Wildman–Crippen LogP) is 4.21. The predicted molar refractivity (Wildman–Crippen MR) is 91.6 cm³/mol. The normalized spacial score (nSPS) is 28.7. The van der Waals surface area contributed by atoms with Gasteiger partial charge in [0.2, 0.25) is 0 Å². The molecule has 3 heteroatoms. The van der Waals surface area contributed by atoms with Gasteiger partial charge in [-0.05, 0) is 30.4 Å². The minimum atomic E-state index is -0.360. The second-order valence-corrected chi connectivity index (χ2v) is 7.18. The van der Waals surface area contributed by atoms with Crippen molar-refractivity contribution in [2.45, 2.75) is 37.0 Å². The van der Waals surface area contributed by atoms with Crippen molar-refractivity contribution in [3.63, 3.8) is 0 Å². The average molecular weight is 329 g/mol. The number of ether oxygens (including phenoxy) is 2. The van der Waals surface area contributed by atoms with Crippen molar-refractivity contribution in [3.05, 3.63) is 71.8 Å². The van der Waals surface area contributed by atoms with Gasteiger partial charge in [-0.2, -0.15) is 0 Å². The van der Waals surface area contributed by atoms with E-state index in [-0.39, 0.29) is 23.2 Å². The zero-order valence-electron chi connectivity index (χ0n) is 13.0. The number of hydrogen-bond donors (Lipinski definition) is 0. The molecular weight excluding hydrogens is 308 g/mol. The number of rotatable bonds is 4. The van der Waals surface area contributed by atoms with E-state index >= 15 is 0 Å². The van der Waals surface area contributed by atoms with Gasteiger partial charge < -0.3 is 9.47 Å². The second-order valence-electron chi connectivity index (χ2n) is 6.75. The van der Waals surface area contributed by atoms with Gasteiger partial charge in [-0.3, -0.25) is 0 Å². The van der Waals surface area contributed by atoms with Crippen LogP contribution in [0.3, 0.4) is 0 Å². The minimum absolute atomic E-state index is 0.00368. The molecule has 2 aromatic carbocycles. The van der Waals surface area contributed by atoms with Crippen LogP contribution in [0.15, 0.2) is 60.7 Å². The third-order valence-electron chi connectivity index (χ3n) is 5.05. The zero-order chi connectivity index (χ0) is 15.7. The van der Waals surface area contributed by atoms with Crippen LogP contribution in [0.4, 0.5) is 0 Å². The molecule has 0 amide bonds. The molecule has 2 heterocycles. The van der Waals surface area contributed by atoms with Gasteiger partial charge in [0.1, 0.15) is 6.10 Å². The van der Waals surface area contributed by atoms with E-state index in [2.05, 4.69) is 60.7 Å². The Bertz CT molecular complexity index is 602. The summed E-state index contributed by atoms with van der Waals surface area (Å²) in [5, 5.41) is 0. The zero-order valence-corrected chi connectivity index (χ0v) is 13.8. The van der Waals surface area contributed by atoms with Crippen molar-refractivity contribution in [2.75, 3.05) is 6.61 Å². The Balaban J connectivity index is 1.68. The summed E-state index contributed by atoms with van der Waals surface area (Å²) >= 11 is 6.48. The third kappa shape index (κ3) is 3.03. The van der Waals surface area contributed by atoms with Crippen LogP contribution in [-0.2, 0) is 22.3 Å². The summed E-state index contributed by atoms with van der Waals surface area (Å²) in [6, 6.07) is 21.3. The molecule has 0 radical (unpaired) electrons. The standard InChI is InChI=1S/C20H21ClO2/c21-19-18-20(13-17(23-18)14-22-19,11-15-7-3-1-4-8-15)12-16-9-5-2-6-10-16/h1-10,17-19H,11-14H2/t17-,18-,19-/m0/s1. The highest BCUT2D eigenvalue weighted by molar-refractivity contribution is 6.20. The Morgan fingerprint density at radius 1 is 0.913 bits per heavy atom. The van der Waals surface area contributed by atoms with Gasteiger partial charge in [-0.25, -0.2) is 0 Å². The van der Waals surface area contributed by atoms with Gasteiger partial charge in [0.05, 0.1) is 12.7 Å². The van der Waals surface area contributed by atoms with Gasteiger partial charge in [-0.15, -0.1) is 0 Å². The van der Waals surface area contributed by atoms with E-state index in [0.29, 0.717) is 6.61 Å². The Morgan fingerprint density at radius 3 is 2.04 bits per heavy atom. The molecule has 120 valence electrons. The second kappa shape index (κ2) is 6.27. The summed E-state index contributed by atoms with van der Waals surface area (Å²) in [5.41, 5.74) is 2.31. The van der Waals surface area contributed by atoms with Gasteiger partial charge in [0, 0.05) is 5.41 Å². The van der Waals surface area contributed by atoms with Crippen molar-refractivity contribution in [1.29, 1.82) is 0 Å². The molecule has 0 aromatic heterocycles. The maximum atomic E-state index is 6.48. The molecule has 2 aromatic rings. The molecule has 0 saturated carbocycles. The highest BCUT2D eigenvalue weighted by atomic mass is 35.5. The first-order valence-electron chi connectivity index (χ1n) is 8.24. The highest BCUT2D eigenvalue weighted by Gasteiger charge is 2.54. The Morgan fingerprint density at radius 2 is 1.48 bits per heavy atom. The molecule has 2 bridgehead atoms. The van der Waals surface area contributed by atoms with Gasteiger partial charge in [-0.1, -0.05) is 72.3 Å². The van der Waals surface area contributed by atoms with E-state index in [9.17, 15) is 0 Å². The quantitative estimate of drug-likeness (QED) is 0.783. The maximum Gasteiger partial charge on any atom is 0.157 e. The van der Waals surface area contributed by atoms with E-state index in [0.717, 1.165) is 19.3 Å². The first kappa shape index (κ1) is 15.2. The number of benzene rings is 2. The Hall–Kier alpha value is -1.35. The van der Waals surface area contributed by atoms with Crippen molar-refractivity contribution in [3.8, 4) is 0 Å². The van der Waals surface area contributed by atoms with Crippen molar-refractivity contribution >= 4 is 11.6 Å². The van der Waals surface area contributed by atoms with Crippen LogP contribution in [0.1, 0.15) is 17.5 Å². The SMILES string of the molecule is Cl[C@H]1OC[C@@H]2CC(Cc3ccccc3)(Cc3ccccc3)[C@H]1O2. The van der Waals surface area contributed by atoms with E-state index in [1.165, 1.54) is 11.1 Å². The summed E-state index contributed by atoms with van der Waals surface area (Å²) in [5.74, 6) is 0. The third-order valence-corrected chi connectivity index (χ3v) is 5.41. The molecule has 2 aliphatic heterocycles. The van der Waals surface area contributed by atoms with Crippen LogP contribution >= 0.6 is 11.6 Å². The van der Waals surface area contributed by atoms with Gasteiger partial charge in [0.15, 0.2) is 5.56 Å². The van der Waals surface area contributed by atoms with Crippen molar-refractivity contribution in [1.82, 2.24) is 0 Å². The Kier molecular flexibility index (Phi) is 4.14. The van der Waals surface area contributed by atoms with Crippen LogP contribution in [0.2, 0.25) is 0 Å². The van der Waals surface area contributed by atoms with Crippen LogP contribution < -0.4 is 0 Å². The molecule has 4 rings (SSSR count). The molecule has 0 unspecified atom stereocenters. The fourth-order valence-electron chi connectivity index (χ4n) is 4.11. The van der Waals surface area contributed by atoms with Crippen molar-refractivity contribution in [2.24, 2.45) is 5.41 Å². The molecule has 3 atom stereocenters. The summed E-state index contributed by atoms with van der Waals surface area (Å²) in [7, 11) is 0. The number of hydrogen-bond acceptors (Lipinski definition) is 2. The minimum Gasteiger partial charge on any atom is -0.368 e. The molecular formula is C20H21ClO2. The molecule has 2 aliphatic rings. The van der Waals surface area contributed by atoms with E-state index in [1.807, 2.05) is 0 Å². The molecule has 0 N–H and O–H groups in total. The lowest BCUT2D eigenvalue weighted by Crippen LogP contribution is -2.43. The summed E-state index contributed by atoms with van der Waals surface area (Å²) in [4.78, 5) is 0. The summed E-state index contributed by atoms with van der Waals surface area (Å²) < 4.78 is 11.9. The molecule has 2 fully saturated rings. The van der Waals surface area contributed by atoms with E-state index in [1.54, 1.807) is 0 Å². The lowest BCUT2D eigenvalue weighted by molar-refractivity contribution is -0.133. The van der Waals surface area contributed by atoms with Crippen LogP contribution in [-0.4, -0.2) is 24.4 Å². The lowest BCUT2D eigenvalue weighted by atomic mass is 9.71. The maximum absolute atomic E-state index is 6.48. The van der Waals surface area contributed by atoms with Gasteiger partial charge >= 0.3 is 0 Å². The van der Waals surface area contributed by atoms with Crippen LogP contribution in [0.25, 0.3) is 0 Å². The molecule has 23 heavy (non-hydrogen) atoms.